The molecule has 3 nitrogen and oxygen atoms in total. The second-order valence-electron chi connectivity index (χ2n) is 3.81. The molecule has 0 unspecified atom stereocenters. The lowest BCUT2D eigenvalue weighted by molar-refractivity contribution is 0.317. The van der Waals surface area contributed by atoms with Crippen LogP contribution in [0, 0.1) is 6.92 Å². The van der Waals surface area contributed by atoms with Gasteiger partial charge in [0, 0.05) is 10.0 Å². The summed E-state index contributed by atoms with van der Waals surface area (Å²) in [5.41, 5.74) is 2.62. The van der Waals surface area contributed by atoms with Gasteiger partial charge in [-0.3, -0.25) is 0 Å². The van der Waals surface area contributed by atoms with Crippen molar-refractivity contribution in [2.45, 2.75) is 13.8 Å². The van der Waals surface area contributed by atoms with Crippen molar-refractivity contribution in [2.24, 2.45) is 5.16 Å². The van der Waals surface area contributed by atoms with E-state index in [1.807, 2.05) is 31.2 Å². The number of rotatable bonds is 2. The number of halogens is 1. The van der Waals surface area contributed by atoms with Crippen molar-refractivity contribution in [3.05, 3.63) is 46.1 Å². The minimum atomic E-state index is 0.464. The number of aryl methyl sites for hydroxylation is 1. The van der Waals surface area contributed by atoms with Crippen molar-refractivity contribution in [3.63, 3.8) is 0 Å². The SMILES string of the molecule is C/C(=N\O)c1ccc(-c2ccc(Br)cc2C)o1. The van der Waals surface area contributed by atoms with E-state index in [2.05, 4.69) is 21.1 Å². The van der Waals surface area contributed by atoms with Gasteiger partial charge in [0.05, 0.1) is 0 Å². The molecule has 0 bridgehead atoms. The molecule has 0 amide bonds. The molecule has 0 radical (unpaired) electrons. The first-order valence-corrected chi connectivity index (χ1v) is 5.96. The van der Waals surface area contributed by atoms with Gasteiger partial charge in [-0.05, 0) is 49.7 Å². The van der Waals surface area contributed by atoms with Gasteiger partial charge in [-0.2, -0.15) is 0 Å². The number of nitrogens with zero attached hydrogens (tertiary/aromatic N) is 1. The Bertz CT molecular complexity index is 573. The van der Waals surface area contributed by atoms with Crippen molar-refractivity contribution in [3.8, 4) is 11.3 Å². The molecule has 17 heavy (non-hydrogen) atoms. The van der Waals surface area contributed by atoms with Crippen molar-refractivity contribution in [1.82, 2.24) is 0 Å². The van der Waals surface area contributed by atoms with Crippen LogP contribution in [0.25, 0.3) is 11.3 Å². The fourth-order valence-electron chi connectivity index (χ4n) is 1.63. The molecule has 1 heterocycles. The Balaban J connectivity index is 2.44. The fraction of sp³-hybridized carbons (Fsp3) is 0.154. The molecule has 4 heteroatoms. The zero-order valence-electron chi connectivity index (χ0n) is 9.57. The van der Waals surface area contributed by atoms with E-state index >= 15 is 0 Å². The lowest BCUT2D eigenvalue weighted by Crippen LogP contribution is -1.90. The highest BCUT2D eigenvalue weighted by molar-refractivity contribution is 9.10. The quantitative estimate of drug-likeness (QED) is 0.512. The molecule has 0 saturated heterocycles. The summed E-state index contributed by atoms with van der Waals surface area (Å²) in [6.45, 7) is 3.71. The monoisotopic (exact) mass is 293 g/mol. The van der Waals surface area contributed by atoms with Gasteiger partial charge in [0.15, 0.2) is 5.76 Å². The summed E-state index contributed by atoms with van der Waals surface area (Å²) in [6, 6.07) is 9.67. The fourth-order valence-corrected chi connectivity index (χ4v) is 2.11. The first-order chi connectivity index (χ1) is 8.11. The minimum absolute atomic E-state index is 0.464. The van der Waals surface area contributed by atoms with Crippen molar-refractivity contribution >= 4 is 21.6 Å². The number of hydrogen-bond donors (Lipinski definition) is 1. The molecule has 0 atom stereocenters. The number of benzene rings is 1. The van der Waals surface area contributed by atoms with Crippen LogP contribution in [0.4, 0.5) is 0 Å². The predicted octanol–water partition coefficient (Wildman–Crippen LogP) is 4.22. The molecule has 0 aliphatic rings. The molecule has 2 aromatic rings. The van der Waals surface area contributed by atoms with E-state index in [9.17, 15) is 0 Å². The summed E-state index contributed by atoms with van der Waals surface area (Å²) in [4.78, 5) is 0. The minimum Gasteiger partial charge on any atom is -0.455 e. The normalized spacial score (nSPS) is 11.8. The summed E-state index contributed by atoms with van der Waals surface area (Å²) < 4.78 is 6.68. The molecule has 2 rings (SSSR count). The molecule has 0 fully saturated rings. The summed E-state index contributed by atoms with van der Waals surface area (Å²) in [7, 11) is 0. The van der Waals surface area contributed by atoms with E-state index in [4.69, 9.17) is 9.62 Å². The summed E-state index contributed by atoms with van der Waals surface area (Å²) in [5.74, 6) is 1.35. The maximum absolute atomic E-state index is 8.68. The van der Waals surface area contributed by atoms with Crippen LogP contribution in [-0.2, 0) is 0 Å². The predicted molar refractivity (Wildman–Crippen MR) is 70.6 cm³/mol. The standard InChI is InChI=1S/C13H12BrNO2/c1-8-7-10(14)3-4-11(8)13-6-5-12(17-13)9(2)15-16/h3-7,16H,1-2H3/b15-9+. The van der Waals surface area contributed by atoms with Gasteiger partial charge >= 0.3 is 0 Å². The van der Waals surface area contributed by atoms with Gasteiger partial charge < -0.3 is 9.62 Å². The maximum atomic E-state index is 8.68. The van der Waals surface area contributed by atoms with E-state index < -0.39 is 0 Å². The van der Waals surface area contributed by atoms with Gasteiger partial charge in [0.25, 0.3) is 0 Å². The molecule has 1 N–H and O–H groups in total. The molecular weight excluding hydrogens is 282 g/mol. The van der Waals surface area contributed by atoms with E-state index in [1.54, 1.807) is 13.0 Å². The Morgan fingerprint density at radius 2 is 2.06 bits per heavy atom. The molecule has 1 aromatic carbocycles. The second kappa shape index (κ2) is 4.75. The van der Waals surface area contributed by atoms with E-state index in [0.717, 1.165) is 21.4 Å². The van der Waals surface area contributed by atoms with Gasteiger partial charge in [-0.25, -0.2) is 0 Å². The van der Waals surface area contributed by atoms with Crippen LogP contribution < -0.4 is 0 Å². The number of hydrogen-bond acceptors (Lipinski definition) is 3. The first-order valence-electron chi connectivity index (χ1n) is 5.17. The van der Waals surface area contributed by atoms with Crippen molar-refractivity contribution in [1.29, 1.82) is 0 Å². The average molecular weight is 294 g/mol. The third kappa shape index (κ3) is 2.42. The van der Waals surface area contributed by atoms with Gasteiger partial charge in [-0.15, -0.1) is 0 Å². The summed E-state index contributed by atoms with van der Waals surface area (Å²) in [5, 5.41) is 11.8. The van der Waals surface area contributed by atoms with Crippen LogP contribution in [-0.4, -0.2) is 10.9 Å². The Morgan fingerprint density at radius 3 is 2.71 bits per heavy atom. The molecule has 0 aliphatic heterocycles. The lowest BCUT2D eigenvalue weighted by atomic mass is 10.1. The molecule has 88 valence electrons. The van der Waals surface area contributed by atoms with E-state index in [-0.39, 0.29) is 0 Å². The van der Waals surface area contributed by atoms with Crippen LogP contribution in [0.3, 0.4) is 0 Å². The topological polar surface area (TPSA) is 45.7 Å². The van der Waals surface area contributed by atoms with Gasteiger partial charge in [0.2, 0.25) is 0 Å². The molecule has 0 spiro atoms. The third-order valence-electron chi connectivity index (χ3n) is 2.57. The lowest BCUT2D eigenvalue weighted by Gasteiger charge is -2.02. The van der Waals surface area contributed by atoms with E-state index in [1.165, 1.54) is 0 Å². The zero-order chi connectivity index (χ0) is 12.4. The maximum Gasteiger partial charge on any atom is 0.152 e. The Kier molecular flexibility index (Phi) is 3.33. The molecule has 1 aromatic heterocycles. The highest BCUT2D eigenvalue weighted by Crippen LogP contribution is 2.27. The highest BCUT2D eigenvalue weighted by atomic mass is 79.9. The van der Waals surface area contributed by atoms with E-state index in [0.29, 0.717) is 11.5 Å². The molecular formula is C13H12BrNO2. The number of oxime groups is 1. The zero-order valence-corrected chi connectivity index (χ0v) is 11.2. The molecule has 0 saturated carbocycles. The van der Waals surface area contributed by atoms with Gasteiger partial charge in [-0.1, -0.05) is 21.1 Å². The number of furan rings is 1. The van der Waals surface area contributed by atoms with Crippen LogP contribution >= 0.6 is 15.9 Å². The average Bonchev–Trinajstić information content (AvgIpc) is 2.77. The summed E-state index contributed by atoms with van der Waals surface area (Å²) >= 11 is 3.43. The smallest absolute Gasteiger partial charge is 0.152 e. The largest absolute Gasteiger partial charge is 0.455 e. The van der Waals surface area contributed by atoms with Crippen molar-refractivity contribution in [2.75, 3.05) is 0 Å². The van der Waals surface area contributed by atoms with Crippen LogP contribution in [0.1, 0.15) is 18.2 Å². The van der Waals surface area contributed by atoms with Gasteiger partial charge in [0.1, 0.15) is 11.5 Å². The highest BCUT2D eigenvalue weighted by Gasteiger charge is 2.09. The van der Waals surface area contributed by atoms with Crippen LogP contribution in [0.15, 0.2) is 44.4 Å². The van der Waals surface area contributed by atoms with Crippen molar-refractivity contribution < 1.29 is 9.62 Å². The van der Waals surface area contributed by atoms with Crippen LogP contribution in [0.2, 0.25) is 0 Å². The Labute approximate surface area is 108 Å². The molecule has 0 aliphatic carbocycles. The Hall–Kier alpha value is -1.55. The third-order valence-corrected chi connectivity index (χ3v) is 3.06. The first kappa shape index (κ1) is 11.9. The summed E-state index contributed by atoms with van der Waals surface area (Å²) in [6.07, 6.45) is 0. The second-order valence-corrected chi connectivity index (χ2v) is 4.72. The Morgan fingerprint density at radius 1 is 1.29 bits per heavy atom. The van der Waals surface area contributed by atoms with Crippen LogP contribution in [0.5, 0.6) is 0 Å².